The lowest BCUT2D eigenvalue weighted by atomic mass is 10.1. The van der Waals surface area contributed by atoms with Crippen LogP contribution < -0.4 is 15.4 Å². The van der Waals surface area contributed by atoms with Crippen molar-refractivity contribution in [3.63, 3.8) is 0 Å². The molecular weight excluding hydrogens is 246 g/mol. The predicted octanol–water partition coefficient (Wildman–Crippen LogP) is 2.16. The summed E-state index contributed by atoms with van der Waals surface area (Å²) in [5.74, 6) is 0.641. The zero-order chi connectivity index (χ0) is 13.7. The van der Waals surface area contributed by atoms with E-state index in [1.807, 2.05) is 0 Å². The fourth-order valence-electron chi connectivity index (χ4n) is 2.31. The summed E-state index contributed by atoms with van der Waals surface area (Å²) in [6.45, 7) is 2.00. The number of rotatable bonds is 4. The summed E-state index contributed by atoms with van der Waals surface area (Å²) >= 11 is 0. The van der Waals surface area contributed by atoms with Gasteiger partial charge in [0.05, 0.1) is 17.7 Å². The number of anilines is 1. The normalized spacial score (nSPS) is 19.5. The Balaban J connectivity index is 2.16. The van der Waals surface area contributed by atoms with Crippen LogP contribution in [0.1, 0.15) is 19.3 Å². The number of methoxy groups -OCH3 is 1. The van der Waals surface area contributed by atoms with Gasteiger partial charge in [0.15, 0.2) is 0 Å². The van der Waals surface area contributed by atoms with Gasteiger partial charge in [0, 0.05) is 18.2 Å². The van der Waals surface area contributed by atoms with Gasteiger partial charge in [0.25, 0.3) is 5.69 Å². The zero-order valence-electron chi connectivity index (χ0n) is 11.0. The van der Waals surface area contributed by atoms with Crippen molar-refractivity contribution in [3.05, 3.63) is 28.3 Å². The van der Waals surface area contributed by atoms with Crippen LogP contribution in [0.5, 0.6) is 5.75 Å². The van der Waals surface area contributed by atoms with Crippen LogP contribution in [0.4, 0.5) is 11.4 Å². The van der Waals surface area contributed by atoms with Crippen LogP contribution in [0, 0.1) is 10.1 Å². The molecule has 1 unspecified atom stereocenters. The fourth-order valence-corrected chi connectivity index (χ4v) is 2.31. The molecule has 2 rings (SSSR count). The Hall–Kier alpha value is -1.82. The number of non-ortho nitro benzene ring substituents is 1. The van der Waals surface area contributed by atoms with Crippen LogP contribution in [-0.4, -0.2) is 31.2 Å². The van der Waals surface area contributed by atoms with Crippen molar-refractivity contribution in [1.82, 2.24) is 5.32 Å². The van der Waals surface area contributed by atoms with E-state index < -0.39 is 0 Å². The quantitative estimate of drug-likeness (QED) is 0.644. The Morgan fingerprint density at radius 1 is 1.42 bits per heavy atom. The van der Waals surface area contributed by atoms with E-state index in [2.05, 4.69) is 10.6 Å². The number of nitro groups is 1. The lowest BCUT2D eigenvalue weighted by Crippen LogP contribution is -2.21. The molecule has 0 saturated carbocycles. The van der Waals surface area contributed by atoms with Gasteiger partial charge < -0.3 is 15.4 Å². The molecule has 0 aliphatic carbocycles. The number of benzene rings is 1. The van der Waals surface area contributed by atoms with Crippen LogP contribution in [0.15, 0.2) is 18.2 Å². The minimum Gasteiger partial charge on any atom is -0.495 e. The average Bonchev–Trinajstić information content (AvgIpc) is 2.67. The monoisotopic (exact) mass is 265 g/mol. The maximum atomic E-state index is 10.8. The van der Waals surface area contributed by atoms with Gasteiger partial charge >= 0.3 is 0 Å². The van der Waals surface area contributed by atoms with Gasteiger partial charge in [-0.25, -0.2) is 0 Å². The molecule has 1 fully saturated rings. The summed E-state index contributed by atoms with van der Waals surface area (Å²) in [5.41, 5.74) is 0.777. The fraction of sp³-hybridized carbons (Fsp3) is 0.538. The minimum atomic E-state index is -0.390. The van der Waals surface area contributed by atoms with Gasteiger partial charge in [-0.2, -0.15) is 0 Å². The van der Waals surface area contributed by atoms with Crippen molar-refractivity contribution in [2.24, 2.45) is 0 Å². The summed E-state index contributed by atoms with van der Waals surface area (Å²) in [7, 11) is 1.57. The molecule has 6 nitrogen and oxygen atoms in total. The summed E-state index contributed by atoms with van der Waals surface area (Å²) in [4.78, 5) is 10.4. The van der Waals surface area contributed by atoms with Gasteiger partial charge in [-0.3, -0.25) is 10.1 Å². The summed E-state index contributed by atoms with van der Waals surface area (Å²) in [6, 6.07) is 4.96. The van der Waals surface area contributed by atoms with Gasteiger partial charge in [0.2, 0.25) is 0 Å². The Morgan fingerprint density at radius 2 is 2.26 bits per heavy atom. The molecule has 0 spiro atoms. The number of nitrogens with zero attached hydrogens (tertiary/aromatic N) is 1. The molecule has 0 bridgehead atoms. The van der Waals surface area contributed by atoms with Crippen molar-refractivity contribution >= 4 is 11.4 Å². The maximum absolute atomic E-state index is 10.8. The van der Waals surface area contributed by atoms with Gasteiger partial charge in [-0.1, -0.05) is 0 Å². The predicted molar refractivity (Wildman–Crippen MR) is 73.8 cm³/mol. The Labute approximate surface area is 112 Å². The minimum absolute atomic E-state index is 0.0787. The Morgan fingerprint density at radius 3 is 3.00 bits per heavy atom. The van der Waals surface area contributed by atoms with Crippen molar-refractivity contribution in [1.29, 1.82) is 0 Å². The SMILES string of the molecule is COc1ccc([N+](=O)[O-])cc1NC1CCCNCC1. The molecule has 0 amide bonds. The molecule has 1 atom stereocenters. The molecule has 1 aromatic rings. The van der Waals surface area contributed by atoms with Gasteiger partial charge in [-0.05, 0) is 38.4 Å². The second-order valence-electron chi connectivity index (χ2n) is 4.66. The second kappa shape index (κ2) is 6.38. The van der Waals surface area contributed by atoms with Crippen LogP contribution in [0.25, 0.3) is 0 Å². The molecule has 19 heavy (non-hydrogen) atoms. The molecule has 1 aliphatic heterocycles. The highest BCUT2D eigenvalue weighted by Gasteiger charge is 2.16. The number of hydrogen-bond acceptors (Lipinski definition) is 5. The van der Waals surface area contributed by atoms with Crippen molar-refractivity contribution < 1.29 is 9.66 Å². The first-order valence-corrected chi connectivity index (χ1v) is 6.50. The lowest BCUT2D eigenvalue weighted by molar-refractivity contribution is -0.384. The third-order valence-corrected chi connectivity index (χ3v) is 3.33. The van der Waals surface area contributed by atoms with Crippen LogP contribution in [-0.2, 0) is 0 Å². The largest absolute Gasteiger partial charge is 0.495 e. The molecule has 2 N–H and O–H groups in total. The topological polar surface area (TPSA) is 76.4 Å². The summed E-state index contributed by atoms with van der Waals surface area (Å²) in [6.07, 6.45) is 3.17. The molecular formula is C13H19N3O3. The van der Waals surface area contributed by atoms with Gasteiger partial charge in [0.1, 0.15) is 5.75 Å². The van der Waals surface area contributed by atoms with E-state index in [4.69, 9.17) is 4.74 Å². The molecule has 0 aromatic heterocycles. The molecule has 104 valence electrons. The smallest absolute Gasteiger partial charge is 0.271 e. The molecule has 6 heteroatoms. The van der Waals surface area contributed by atoms with Crippen LogP contribution in [0.2, 0.25) is 0 Å². The van der Waals surface area contributed by atoms with E-state index in [0.29, 0.717) is 17.5 Å². The Kier molecular flexibility index (Phi) is 4.57. The first kappa shape index (κ1) is 13.6. The van der Waals surface area contributed by atoms with Crippen LogP contribution >= 0.6 is 0 Å². The first-order chi connectivity index (χ1) is 9.20. The standard InChI is InChI=1S/C13H19N3O3/c1-19-13-5-4-11(16(17)18)9-12(13)15-10-3-2-7-14-8-6-10/h4-5,9-10,14-15H,2-3,6-8H2,1H3. The number of ether oxygens (including phenoxy) is 1. The Bertz CT molecular complexity index is 443. The summed E-state index contributed by atoms with van der Waals surface area (Å²) in [5, 5.41) is 17.5. The van der Waals surface area contributed by atoms with E-state index in [0.717, 1.165) is 32.4 Å². The van der Waals surface area contributed by atoms with E-state index in [1.54, 1.807) is 13.2 Å². The maximum Gasteiger partial charge on any atom is 0.271 e. The van der Waals surface area contributed by atoms with Crippen LogP contribution in [0.3, 0.4) is 0 Å². The zero-order valence-corrected chi connectivity index (χ0v) is 11.0. The summed E-state index contributed by atoms with van der Waals surface area (Å²) < 4.78 is 5.25. The first-order valence-electron chi connectivity index (χ1n) is 6.50. The molecule has 1 aliphatic rings. The van der Waals surface area contributed by atoms with E-state index in [9.17, 15) is 10.1 Å². The second-order valence-corrected chi connectivity index (χ2v) is 4.66. The third kappa shape index (κ3) is 3.57. The van der Waals surface area contributed by atoms with Gasteiger partial charge in [-0.15, -0.1) is 0 Å². The third-order valence-electron chi connectivity index (χ3n) is 3.33. The highest BCUT2D eigenvalue weighted by Crippen LogP contribution is 2.30. The van der Waals surface area contributed by atoms with E-state index in [1.165, 1.54) is 12.1 Å². The molecule has 1 saturated heterocycles. The number of nitro benzene ring substituents is 1. The van der Waals surface area contributed by atoms with Crippen molar-refractivity contribution in [3.8, 4) is 5.75 Å². The molecule has 1 heterocycles. The van der Waals surface area contributed by atoms with Crippen molar-refractivity contribution in [2.75, 3.05) is 25.5 Å². The van der Waals surface area contributed by atoms with E-state index >= 15 is 0 Å². The average molecular weight is 265 g/mol. The van der Waals surface area contributed by atoms with E-state index in [-0.39, 0.29) is 10.6 Å². The lowest BCUT2D eigenvalue weighted by Gasteiger charge is -2.19. The molecule has 1 aromatic carbocycles. The number of hydrogen-bond donors (Lipinski definition) is 2. The van der Waals surface area contributed by atoms with Crippen molar-refractivity contribution in [2.45, 2.75) is 25.3 Å². The number of nitrogens with one attached hydrogen (secondary N) is 2. The highest BCUT2D eigenvalue weighted by molar-refractivity contribution is 5.62. The molecule has 0 radical (unpaired) electrons. The highest BCUT2D eigenvalue weighted by atomic mass is 16.6.